The molecule has 6 heteroatoms. The Labute approximate surface area is 186 Å². The highest BCUT2D eigenvalue weighted by Gasteiger charge is 2.09. The summed E-state index contributed by atoms with van der Waals surface area (Å²) in [4.78, 5) is 15.7. The summed E-state index contributed by atoms with van der Waals surface area (Å²) in [5.41, 5.74) is 10.8. The summed E-state index contributed by atoms with van der Waals surface area (Å²) in [5.74, 6) is 1.25. The number of amides is 1. The fourth-order valence-electron chi connectivity index (χ4n) is 3.34. The van der Waals surface area contributed by atoms with Crippen LogP contribution in [0.15, 0.2) is 85.1 Å². The van der Waals surface area contributed by atoms with Crippen molar-refractivity contribution in [3.05, 3.63) is 90.6 Å². The van der Waals surface area contributed by atoms with Crippen LogP contribution >= 0.6 is 0 Å². The first-order valence-electron chi connectivity index (χ1n) is 10.1. The first-order chi connectivity index (χ1) is 15.6. The first-order valence-corrected chi connectivity index (χ1v) is 10.1. The molecule has 6 nitrogen and oxygen atoms in total. The topological polar surface area (TPSA) is 86.5 Å². The average molecular weight is 425 g/mol. The Bertz CT molecular complexity index is 1240. The number of rotatable bonds is 7. The lowest BCUT2D eigenvalue weighted by Crippen LogP contribution is -2.10. The molecule has 0 aliphatic heterocycles. The molecule has 0 saturated carbocycles. The van der Waals surface area contributed by atoms with E-state index in [2.05, 4.69) is 16.4 Å². The third-order valence-corrected chi connectivity index (χ3v) is 5.10. The van der Waals surface area contributed by atoms with E-state index < -0.39 is 5.91 Å². The van der Waals surface area contributed by atoms with Crippen molar-refractivity contribution < 1.29 is 14.3 Å². The summed E-state index contributed by atoms with van der Waals surface area (Å²) < 4.78 is 11.3. The number of nitrogens with one attached hydrogen (secondary N) is 1. The van der Waals surface area contributed by atoms with Crippen LogP contribution in [0.1, 0.15) is 10.4 Å². The maximum atomic E-state index is 11.3. The van der Waals surface area contributed by atoms with E-state index in [-0.39, 0.29) is 0 Å². The van der Waals surface area contributed by atoms with Crippen LogP contribution in [0, 0.1) is 0 Å². The van der Waals surface area contributed by atoms with Crippen molar-refractivity contribution in [3.63, 3.8) is 0 Å². The molecule has 0 fully saturated rings. The summed E-state index contributed by atoms with van der Waals surface area (Å²) in [7, 11) is 3.45. The van der Waals surface area contributed by atoms with Crippen LogP contribution in [0.2, 0.25) is 0 Å². The van der Waals surface area contributed by atoms with Crippen LogP contribution < -0.4 is 20.5 Å². The highest BCUT2D eigenvalue weighted by atomic mass is 16.5. The third-order valence-electron chi connectivity index (χ3n) is 5.10. The largest absolute Gasteiger partial charge is 0.493 e. The van der Waals surface area contributed by atoms with Crippen LogP contribution in [0.25, 0.3) is 22.3 Å². The SMILES string of the molecule is CNc1ccc(Oc2ccc(-c3cccc(-c4ccc(C(N)=O)cc4)c3)cn2)c(OC)c1. The molecule has 4 rings (SSSR count). The van der Waals surface area contributed by atoms with Crippen LogP contribution in [0.4, 0.5) is 5.69 Å². The molecule has 160 valence electrons. The Morgan fingerprint density at radius 2 is 1.56 bits per heavy atom. The molecule has 0 aliphatic carbocycles. The van der Waals surface area contributed by atoms with Gasteiger partial charge in [0.15, 0.2) is 11.5 Å². The number of carbonyl (C=O) groups excluding carboxylic acids is 1. The molecule has 0 bridgehead atoms. The number of pyridine rings is 1. The number of aromatic nitrogens is 1. The van der Waals surface area contributed by atoms with Crippen molar-refractivity contribution in [1.82, 2.24) is 4.98 Å². The minimum absolute atomic E-state index is 0.436. The standard InChI is InChI=1S/C26H23N3O3/c1-28-22-11-12-23(24(15-22)31-2)32-25-13-10-21(16-29-25)20-5-3-4-19(14-20)17-6-8-18(9-7-17)26(27)30/h3-16,28H,1-2H3,(H2,27,30). The maximum Gasteiger partial charge on any atom is 0.248 e. The second-order valence-electron chi connectivity index (χ2n) is 7.13. The number of ether oxygens (including phenoxy) is 2. The van der Waals surface area contributed by atoms with E-state index in [1.165, 1.54) is 0 Å². The molecule has 0 saturated heterocycles. The van der Waals surface area contributed by atoms with Crippen molar-refractivity contribution in [2.24, 2.45) is 5.73 Å². The molecule has 4 aromatic rings. The fraction of sp³-hybridized carbons (Fsp3) is 0.0769. The molecule has 3 aromatic carbocycles. The molecule has 0 aliphatic rings. The first kappa shape index (κ1) is 20.9. The Balaban J connectivity index is 1.54. The fourth-order valence-corrected chi connectivity index (χ4v) is 3.34. The van der Waals surface area contributed by atoms with Gasteiger partial charge in [-0.25, -0.2) is 4.98 Å². The molecule has 32 heavy (non-hydrogen) atoms. The normalized spacial score (nSPS) is 10.4. The summed E-state index contributed by atoms with van der Waals surface area (Å²) >= 11 is 0. The van der Waals surface area contributed by atoms with Gasteiger partial charge in [-0.1, -0.05) is 30.3 Å². The van der Waals surface area contributed by atoms with Gasteiger partial charge in [0, 0.05) is 42.2 Å². The van der Waals surface area contributed by atoms with Crippen molar-refractivity contribution in [3.8, 4) is 39.6 Å². The minimum atomic E-state index is -0.436. The zero-order valence-corrected chi connectivity index (χ0v) is 17.8. The van der Waals surface area contributed by atoms with Crippen molar-refractivity contribution in [2.45, 2.75) is 0 Å². The van der Waals surface area contributed by atoms with Gasteiger partial charge in [0.25, 0.3) is 0 Å². The summed E-state index contributed by atoms with van der Waals surface area (Å²) in [6.07, 6.45) is 1.78. The Morgan fingerprint density at radius 3 is 2.19 bits per heavy atom. The van der Waals surface area contributed by atoms with E-state index in [0.29, 0.717) is 22.9 Å². The van der Waals surface area contributed by atoms with E-state index in [4.69, 9.17) is 15.2 Å². The Kier molecular flexibility index (Phi) is 6.03. The molecule has 0 atom stereocenters. The molecule has 1 amide bonds. The van der Waals surface area contributed by atoms with Gasteiger partial charge < -0.3 is 20.5 Å². The molecular weight excluding hydrogens is 402 g/mol. The van der Waals surface area contributed by atoms with Crippen LogP contribution in [0.5, 0.6) is 17.4 Å². The van der Waals surface area contributed by atoms with Gasteiger partial charge in [-0.15, -0.1) is 0 Å². The Hall–Kier alpha value is -4.32. The van der Waals surface area contributed by atoms with Crippen LogP contribution in [0.3, 0.4) is 0 Å². The van der Waals surface area contributed by atoms with Gasteiger partial charge in [0.2, 0.25) is 11.8 Å². The monoisotopic (exact) mass is 425 g/mol. The number of nitrogens with two attached hydrogens (primary N) is 1. The number of carbonyl (C=O) groups is 1. The van der Waals surface area contributed by atoms with E-state index >= 15 is 0 Å². The van der Waals surface area contributed by atoms with Gasteiger partial charge in [0.1, 0.15) is 0 Å². The lowest BCUT2D eigenvalue weighted by molar-refractivity contribution is 0.100. The van der Waals surface area contributed by atoms with Gasteiger partial charge in [0.05, 0.1) is 7.11 Å². The van der Waals surface area contributed by atoms with Crippen LogP contribution in [-0.4, -0.2) is 25.0 Å². The highest BCUT2D eigenvalue weighted by Crippen LogP contribution is 2.34. The lowest BCUT2D eigenvalue weighted by Gasteiger charge is -2.12. The molecular formula is C26H23N3O3. The Morgan fingerprint density at radius 1 is 0.844 bits per heavy atom. The molecule has 1 heterocycles. The van der Waals surface area contributed by atoms with Gasteiger partial charge >= 0.3 is 0 Å². The quantitative estimate of drug-likeness (QED) is 0.416. The number of anilines is 1. The molecule has 1 aromatic heterocycles. The van der Waals surface area contributed by atoms with Gasteiger partial charge in [-0.2, -0.15) is 0 Å². The van der Waals surface area contributed by atoms with E-state index in [0.717, 1.165) is 27.9 Å². The summed E-state index contributed by atoms with van der Waals surface area (Å²) in [6.45, 7) is 0. The summed E-state index contributed by atoms with van der Waals surface area (Å²) in [5, 5.41) is 3.07. The zero-order chi connectivity index (χ0) is 22.5. The van der Waals surface area contributed by atoms with Crippen molar-refractivity contribution >= 4 is 11.6 Å². The third kappa shape index (κ3) is 4.54. The summed E-state index contributed by atoms with van der Waals surface area (Å²) in [6, 6.07) is 24.8. The number of hydrogen-bond acceptors (Lipinski definition) is 5. The number of nitrogens with zero attached hydrogens (tertiary/aromatic N) is 1. The predicted octanol–water partition coefficient (Wildman–Crippen LogP) is 5.36. The second kappa shape index (κ2) is 9.22. The number of benzene rings is 3. The minimum Gasteiger partial charge on any atom is -0.493 e. The molecule has 0 unspecified atom stereocenters. The predicted molar refractivity (Wildman–Crippen MR) is 126 cm³/mol. The van der Waals surface area contributed by atoms with Crippen molar-refractivity contribution in [1.29, 1.82) is 0 Å². The zero-order valence-electron chi connectivity index (χ0n) is 17.8. The molecule has 0 spiro atoms. The van der Waals surface area contributed by atoms with E-state index in [9.17, 15) is 4.79 Å². The molecule has 3 N–H and O–H groups in total. The van der Waals surface area contributed by atoms with E-state index in [1.807, 2.05) is 67.7 Å². The second-order valence-corrected chi connectivity index (χ2v) is 7.13. The van der Waals surface area contributed by atoms with Gasteiger partial charge in [-0.05, 0) is 53.1 Å². The average Bonchev–Trinajstić information content (AvgIpc) is 2.85. The molecule has 0 radical (unpaired) electrons. The smallest absolute Gasteiger partial charge is 0.248 e. The highest BCUT2D eigenvalue weighted by molar-refractivity contribution is 5.93. The lowest BCUT2D eigenvalue weighted by atomic mass is 9.99. The number of primary amides is 1. The number of hydrogen-bond donors (Lipinski definition) is 2. The van der Waals surface area contributed by atoms with Crippen molar-refractivity contribution in [2.75, 3.05) is 19.5 Å². The van der Waals surface area contributed by atoms with E-state index in [1.54, 1.807) is 25.4 Å². The number of methoxy groups -OCH3 is 1. The van der Waals surface area contributed by atoms with Crippen LogP contribution in [-0.2, 0) is 0 Å². The maximum absolute atomic E-state index is 11.3. The van der Waals surface area contributed by atoms with Gasteiger partial charge in [-0.3, -0.25) is 4.79 Å².